The minimum atomic E-state index is 0.316. The molecule has 4 aliphatic rings. The second kappa shape index (κ2) is 10.1. The van der Waals surface area contributed by atoms with Crippen molar-refractivity contribution in [2.75, 3.05) is 72.5 Å². The predicted molar refractivity (Wildman–Crippen MR) is 117 cm³/mol. The van der Waals surface area contributed by atoms with E-state index >= 15 is 0 Å². The zero-order chi connectivity index (χ0) is 20.1. The van der Waals surface area contributed by atoms with Crippen LogP contribution in [0.4, 0.5) is 0 Å². The lowest BCUT2D eigenvalue weighted by atomic mass is 10.1. The molecule has 164 valence electrons. The van der Waals surface area contributed by atoms with E-state index in [1.54, 1.807) is 0 Å². The van der Waals surface area contributed by atoms with Crippen LogP contribution >= 0.6 is 0 Å². The summed E-state index contributed by atoms with van der Waals surface area (Å²) in [6.07, 6.45) is 8.68. The number of nitrogens with one attached hydrogen (secondary N) is 1. The molecular formula is C22H40N6O. The highest BCUT2D eigenvalue weighted by Gasteiger charge is 2.31. The Morgan fingerprint density at radius 2 is 1.62 bits per heavy atom. The van der Waals surface area contributed by atoms with Gasteiger partial charge in [-0.25, -0.2) is 0 Å². The van der Waals surface area contributed by atoms with Gasteiger partial charge in [0.1, 0.15) is 0 Å². The van der Waals surface area contributed by atoms with E-state index < -0.39 is 0 Å². The van der Waals surface area contributed by atoms with Gasteiger partial charge in [0, 0.05) is 71.4 Å². The SMILES string of the molecule is CN=C(NCCN1CCN(C(=O)C2CCCC2)CC1)N1CCC(N2CCCC2)C1. The summed E-state index contributed by atoms with van der Waals surface area (Å²) >= 11 is 0. The van der Waals surface area contributed by atoms with Crippen molar-refractivity contribution >= 4 is 11.9 Å². The van der Waals surface area contributed by atoms with E-state index in [0.29, 0.717) is 17.9 Å². The number of guanidine groups is 1. The van der Waals surface area contributed by atoms with E-state index in [-0.39, 0.29) is 0 Å². The summed E-state index contributed by atoms with van der Waals surface area (Å²) in [6, 6.07) is 0.710. The van der Waals surface area contributed by atoms with Crippen LogP contribution in [0.2, 0.25) is 0 Å². The van der Waals surface area contributed by atoms with Crippen LogP contribution in [0.1, 0.15) is 44.9 Å². The van der Waals surface area contributed by atoms with Gasteiger partial charge in [-0.2, -0.15) is 0 Å². The number of hydrogen-bond donors (Lipinski definition) is 1. The van der Waals surface area contributed by atoms with Crippen molar-refractivity contribution in [2.45, 2.75) is 51.0 Å². The number of hydrogen-bond acceptors (Lipinski definition) is 4. The maximum Gasteiger partial charge on any atom is 0.225 e. The molecule has 1 amide bonds. The fraction of sp³-hybridized carbons (Fsp3) is 0.909. The third-order valence-corrected chi connectivity index (χ3v) is 7.43. The first kappa shape index (κ1) is 20.9. The van der Waals surface area contributed by atoms with Crippen molar-refractivity contribution in [2.24, 2.45) is 10.9 Å². The van der Waals surface area contributed by atoms with Gasteiger partial charge < -0.3 is 15.1 Å². The highest BCUT2D eigenvalue weighted by Crippen LogP contribution is 2.27. The van der Waals surface area contributed by atoms with Crippen molar-refractivity contribution in [3.05, 3.63) is 0 Å². The fourth-order valence-corrected chi connectivity index (χ4v) is 5.62. The Labute approximate surface area is 176 Å². The number of nitrogens with zero attached hydrogens (tertiary/aromatic N) is 5. The standard InChI is InChI=1S/C22H40N6O/c1-23-22(28-12-8-20(18-28)26-10-4-5-11-26)24-9-13-25-14-16-27(17-15-25)21(29)19-6-2-3-7-19/h19-20H,2-18H2,1H3,(H,23,24). The lowest BCUT2D eigenvalue weighted by Crippen LogP contribution is -2.52. The Hall–Kier alpha value is -1.34. The van der Waals surface area contributed by atoms with Crippen LogP contribution in [0.25, 0.3) is 0 Å². The molecule has 0 aromatic carbocycles. The first-order valence-electron chi connectivity index (χ1n) is 12.0. The Balaban J connectivity index is 1.14. The highest BCUT2D eigenvalue weighted by molar-refractivity contribution is 5.80. The molecule has 7 nitrogen and oxygen atoms in total. The van der Waals surface area contributed by atoms with Gasteiger partial charge in [0.25, 0.3) is 0 Å². The summed E-state index contributed by atoms with van der Waals surface area (Å²) in [6.45, 7) is 10.5. The minimum absolute atomic E-state index is 0.316. The van der Waals surface area contributed by atoms with Crippen molar-refractivity contribution < 1.29 is 4.79 Å². The molecule has 1 saturated carbocycles. The second-order valence-electron chi connectivity index (χ2n) is 9.25. The molecule has 0 aromatic rings. The maximum atomic E-state index is 12.6. The van der Waals surface area contributed by atoms with Gasteiger partial charge in [-0.05, 0) is 45.2 Å². The smallest absolute Gasteiger partial charge is 0.225 e. The van der Waals surface area contributed by atoms with Gasteiger partial charge in [-0.15, -0.1) is 0 Å². The number of aliphatic imine (C=N–C) groups is 1. The van der Waals surface area contributed by atoms with Gasteiger partial charge in [0.05, 0.1) is 0 Å². The Kier molecular flexibility index (Phi) is 7.29. The molecule has 3 heterocycles. The largest absolute Gasteiger partial charge is 0.355 e. The maximum absolute atomic E-state index is 12.6. The third-order valence-electron chi connectivity index (χ3n) is 7.43. The van der Waals surface area contributed by atoms with Crippen LogP contribution < -0.4 is 5.32 Å². The molecule has 29 heavy (non-hydrogen) atoms. The van der Waals surface area contributed by atoms with Gasteiger partial charge in [0.15, 0.2) is 5.96 Å². The zero-order valence-corrected chi connectivity index (χ0v) is 18.3. The van der Waals surface area contributed by atoms with E-state index in [9.17, 15) is 4.79 Å². The number of carbonyl (C=O) groups is 1. The Bertz CT molecular complexity index is 562. The molecule has 0 radical (unpaired) electrons. The van der Waals surface area contributed by atoms with Crippen molar-refractivity contribution in [1.29, 1.82) is 0 Å². The molecular weight excluding hydrogens is 364 g/mol. The Morgan fingerprint density at radius 1 is 0.897 bits per heavy atom. The average Bonchev–Trinajstić information content (AvgIpc) is 3.52. The molecule has 3 saturated heterocycles. The number of amides is 1. The molecule has 3 aliphatic heterocycles. The summed E-state index contributed by atoms with van der Waals surface area (Å²) in [5.74, 6) is 1.79. The van der Waals surface area contributed by atoms with Crippen molar-refractivity contribution in [3.63, 3.8) is 0 Å². The molecule has 1 unspecified atom stereocenters. The molecule has 7 heteroatoms. The van der Waals surface area contributed by atoms with Crippen LogP contribution in [0.5, 0.6) is 0 Å². The molecule has 0 spiro atoms. The molecule has 1 N–H and O–H groups in total. The predicted octanol–water partition coefficient (Wildman–Crippen LogP) is 1.07. The summed E-state index contributed by atoms with van der Waals surface area (Å²) < 4.78 is 0. The molecule has 1 aliphatic carbocycles. The lowest BCUT2D eigenvalue weighted by Gasteiger charge is -2.36. The van der Waals surface area contributed by atoms with Gasteiger partial charge in [0.2, 0.25) is 5.91 Å². The van der Waals surface area contributed by atoms with Crippen LogP contribution in [-0.4, -0.2) is 110 Å². The fourth-order valence-electron chi connectivity index (χ4n) is 5.62. The third kappa shape index (κ3) is 5.23. The van der Waals surface area contributed by atoms with Crippen LogP contribution in [0.3, 0.4) is 0 Å². The van der Waals surface area contributed by atoms with Gasteiger partial charge in [-0.1, -0.05) is 12.8 Å². The number of rotatable bonds is 5. The molecule has 0 bridgehead atoms. The minimum Gasteiger partial charge on any atom is -0.355 e. The second-order valence-corrected chi connectivity index (χ2v) is 9.25. The lowest BCUT2D eigenvalue weighted by molar-refractivity contribution is -0.137. The summed E-state index contributed by atoms with van der Waals surface area (Å²) in [4.78, 5) is 26.8. The van der Waals surface area contributed by atoms with Crippen LogP contribution in [-0.2, 0) is 4.79 Å². The zero-order valence-electron chi connectivity index (χ0n) is 18.3. The summed E-state index contributed by atoms with van der Waals surface area (Å²) in [5, 5.41) is 3.58. The van der Waals surface area contributed by atoms with Crippen molar-refractivity contribution in [1.82, 2.24) is 24.9 Å². The summed E-state index contributed by atoms with van der Waals surface area (Å²) in [5.41, 5.74) is 0. The topological polar surface area (TPSA) is 54.4 Å². The van der Waals surface area contributed by atoms with E-state index in [0.717, 1.165) is 71.2 Å². The average molecular weight is 405 g/mol. The first-order chi connectivity index (χ1) is 14.2. The molecule has 4 fully saturated rings. The van der Waals surface area contributed by atoms with Crippen molar-refractivity contribution in [3.8, 4) is 0 Å². The van der Waals surface area contributed by atoms with E-state index in [1.165, 1.54) is 45.2 Å². The van der Waals surface area contributed by atoms with Gasteiger partial charge >= 0.3 is 0 Å². The normalized spacial score (nSPS) is 27.9. The van der Waals surface area contributed by atoms with E-state index in [2.05, 4.69) is 29.9 Å². The first-order valence-corrected chi connectivity index (χ1v) is 12.0. The number of piperazine rings is 1. The van der Waals surface area contributed by atoms with Crippen LogP contribution in [0.15, 0.2) is 4.99 Å². The number of likely N-dealkylation sites (tertiary alicyclic amines) is 2. The molecule has 0 aromatic heterocycles. The number of carbonyl (C=O) groups excluding carboxylic acids is 1. The monoisotopic (exact) mass is 404 g/mol. The molecule has 4 rings (SSSR count). The van der Waals surface area contributed by atoms with Gasteiger partial charge in [-0.3, -0.25) is 19.6 Å². The molecule has 1 atom stereocenters. The quantitative estimate of drug-likeness (QED) is 0.549. The van der Waals surface area contributed by atoms with E-state index in [1.807, 2.05) is 7.05 Å². The Morgan fingerprint density at radius 3 is 2.31 bits per heavy atom. The summed E-state index contributed by atoms with van der Waals surface area (Å²) in [7, 11) is 1.90. The van der Waals surface area contributed by atoms with E-state index in [4.69, 9.17) is 0 Å². The van der Waals surface area contributed by atoms with Crippen LogP contribution in [0, 0.1) is 5.92 Å². The highest BCUT2D eigenvalue weighted by atomic mass is 16.2.